The summed E-state index contributed by atoms with van der Waals surface area (Å²) < 4.78 is 5.85. The van der Waals surface area contributed by atoms with Crippen molar-refractivity contribution < 1.29 is 4.42 Å². The number of rotatable bonds is 4. The third-order valence-electron chi connectivity index (χ3n) is 3.80. The Morgan fingerprint density at radius 1 is 1.22 bits per heavy atom. The number of hydrogen-bond acceptors (Lipinski definition) is 6. The van der Waals surface area contributed by atoms with E-state index < -0.39 is 0 Å². The van der Waals surface area contributed by atoms with Crippen molar-refractivity contribution in [1.29, 1.82) is 0 Å². The minimum atomic E-state index is -0.110. The van der Waals surface area contributed by atoms with Crippen molar-refractivity contribution in [2.75, 3.05) is 44.0 Å². The van der Waals surface area contributed by atoms with E-state index in [1.54, 1.807) is 18.2 Å². The molecule has 0 fully saturated rings. The fourth-order valence-corrected chi connectivity index (χ4v) is 2.57. The minimum Gasteiger partial charge on any atom is -0.453 e. The van der Waals surface area contributed by atoms with Crippen molar-refractivity contribution in [2.45, 2.75) is 0 Å². The zero-order valence-electron chi connectivity index (χ0n) is 13.2. The van der Waals surface area contributed by atoms with Gasteiger partial charge in [-0.05, 0) is 32.3 Å². The number of para-hydroxylation sites is 1. The lowest BCUT2D eigenvalue weighted by molar-refractivity contribution is 0.425. The summed E-state index contributed by atoms with van der Waals surface area (Å²) in [5.74, 6) is 0. The maximum absolute atomic E-state index is 12.9. The Kier molecular flexibility index (Phi) is 3.83. The van der Waals surface area contributed by atoms with Crippen molar-refractivity contribution in [3.63, 3.8) is 0 Å². The average molecular weight is 312 g/mol. The number of fused-ring (bicyclic) bond motifs is 2. The lowest BCUT2D eigenvalue weighted by Crippen LogP contribution is -2.21. The van der Waals surface area contributed by atoms with Gasteiger partial charge in [-0.2, -0.15) is 0 Å². The molecule has 0 aliphatic heterocycles. The van der Waals surface area contributed by atoms with Gasteiger partial charge in [0.25, 0.3) is 0 Å². The molecule has 0 saturated heterocycles. The quantitative estimate of drug-likeness (QED) is 0.504. The number of nitrogens with zero attached hydrogens (tertiary/aromatic N) is 1. The Morgan fingerprint density at radius 3 is 2.70 bits per heavy atom. The van der Waals surface area contributed by atoms with Gasteiger partial charge in [-0.25, -0.2) is 0 Å². The molecule has 3 aromatic rings. The van der Waals surface area contributed by atoms with Crippen molar-refractivity contribution in [1.82, 2.24) is 4.90 Å². The van der Waals surface area contributed by atoms with Crippen molar-refractivity contribution in [3.8, 4) is 0 Å². The molecule has 1 aromatic heterocycles. The highest BCUT2D eigenvalue weighted by Gasteiger charge is 2.16. The number of likely N-dealkylation sites (N-methyl/N-ethyl adjacent to an activating group) is 1. The smallest absolute Gasteiger partial charge is 0.202 e. The second-order valence-corrected chi connectivity index (χ2v) is 5.79. The number of anilines is 3. The fourth-order valence-electron chi connectivity index (χ4n) is 2.57. The molecule has 0 bridgehead atoms. The van der Waals surface area contributed by atoms with Crippen LogP contribution in [-0.4, -0.2) is 32.1 Å². The molecule has 0 radical (unpaired) electrons. The zero-order chi connectivity index (χ0) is 16.6. The first-order valence-electron chi connectivity index (χ1n) is 7.41. The van der Waals surface area contributed by atoms with E-state index in [0.717, 1.165) is 6.54 Å². The summed E-state index contributed by atoms with van der Waals surface area (Å²) in [5.41, 5.74) is 14.1. The van der Waals surface area contributed by atoms with Crippen LogP contribution in [0.2, 0.25) is 0 Å². The van der Waals surface area contributed by atoms with E-state index in [0.29, 0.717) is 45.5 Å². The molecule has 2 aromatic carbocycles. The summed E-state index contributed by atoms with van der Waals surface area (Å²) in [5, 5.41) is 4.22. The monoisotopic (exact) mass is 312 g/mol. The number of hydrogen-bond donors (Lipinski definition) is 3. The highest BCUT2D eigenvalue weighted by molar-refractivity contribution is 6.05. The first-order chi connectivity index (χ1) is 11.0. The molecule has 1 heterocycles. The van der Waals surface area contributed by atoms with Crippen LogP contribution in [0.3, 0.4) is 0 Å². The average Bonchev–Trinajstić information content (AvgIpc) is 2.52. The van der Waals surface area contributed by atoms with Gasteiger partial charge in [0.1, 0.15) is 5.58 Å². The molecule has 0 amide bonds. The Hall–Kier alpha value is -2.73. The molecule has 0 spiro atoms. The topological polar surface area (TPSA) is 97.5 Å². The molecule has 23 heavy (non-hydrogen) atoms. The molecule has 3 rings (SSSR count). The Balaban J connectivity index is 2.25. The molecular formula is C17H20N4O2. The van der Waals surface area contributed by atoms with Gasteiger partial charge in [0.2, 0.25) is 5.43 Å². The van der Waals surface area contributed by atoms with E-state index in [-0.39, 0.29) is 5.43 Å². The molecule has 5 N–H and O–H groups in total. The number of benzene rings is 2. The second kappa shape index (κ2) is 5.81. The van der Waals surface area contributed by atoms with Crippen LogP contribution in [0.1, 0.15) is 0 Å². The third kappa shape index (κ3) is 2.68. The van der Waals surface area contributed by atoms with Gasteiger partial charge in [-0.3, -0.25) is 4.79 Å². The SMILES string of the molecule is CN(C)CCNc1cc(N)c(N)c2oc3ccccc3c(=O)c12. The maximum Gasteiger partial charge on any atom is 0.202 e. The summed E-state index contributed by atoms with van der Waals surface area (Å²) in [7, 11) is 3.97. The summed E-state index contributed by atoms with van der Waals surface area (Å²) in [4.78, 5) is 14.9. The van der Waals surface area contributed by atoms with E-state index in [1.807, 2.05) is 31.1 Å². The predicted octanol–water partition coefficient (Wildman–Crippen LogP) is 2.08. The van der Waals surface area contributed by atoms with Crippen molar-refractivity contribution in [3.05, 3.63) is 40.6 Å². The summed E-state index contributed by atoms with van der Waals surface area (Å²) in [6.45, 7) is 1.50. The normalized spacial score (nSPS) is 11.4. The lowest BCUT2D eigenvalue weighted by Gasteiger charge is -2.15. The molecule has 0 saturated carbocycles. The predicted molar refractivity (Wildman–Crippen MR) is 95.9 cm³/mol. The largest absolute Gasteiger partial charge is 0.453 e. The molecular weight excluding hydrogens is 292 g/mol. The van der Waals surface area contributed by atoms with Gasteiger partial charge in [0, 0.05) is 13.1 Å². The van der Waals surface area contributed by atoms with Crippen molar-refractivity contribution >= 4 is 39.0 Å². The number of nitrogens with one attached hydrogen (secondary N) is 1. The van der Waals surface area contributed by atoms with E-state index in [2.05, 4.69) is 5.32 Å². The third-order valence-corrected chi connectivity index (χ3v) is 3.80. The Morgan fingerprint density at radius 2 is 1.96 bits per heavy atom. The molecule has 0 aliphatic rings. The van der Waals surface area contributed by atoms with Gasteiger partial charge in [-0.1, -0.05) is 12.1 Å². The summed E-state index contributed by atoms with van der Waals surface area (Å²) in [6, 6.07) is 8.81. The number of nitrogen functional groups attached to an aromatic ring is 2. The van der Waals surface area contributed by atoms with Crippen LogP contribution in [0.15, 0.2) is 39.5 Å². The highest BCUT2D eigenvalue weighted by atomic mass is 16.3. The van der Waals surface area contributed by atoms with Crippen LogP contribution in [0.5, 0.6) is 0 Å². The van der Waals surface area contributed by atoms with Gasteiger partial charge < -0.3 is 26.1 Å². The van der Waals surface area contributed by atoms with Gasteiger partial charge >= 0.3 is 0 Å². The Bertz CT molecular complexity index is 931. The second-order valence-electron chi connectivity index (χ2n) is 5.79. The lowest BCUT2D eigenvalue weighted by atomic mass is 10.1. The first kappa shape index (κ1) is 15.2. The van der Waals surface area contributed by atoms with E-state index in [9.17, 15) is 4.79 Å². The van der Waals surface area contributed by atoms with E-state index in [1.165, 1.54) is 0 Å². The van der Waals surface area contributed by atoms with Gasteiger partial charge in [-0.15, -0.1) is 0 Å². The highest BCUT2D eigenvalue weighted by Crippen LogP contribution is 2.33. The standard InChI is InChI=1S/C17H20N4O2/c1-21(2)8-7-20-12-9-11(18)15(19)17-14(12)16(22)10-5-3-4-6-13(10)23-17/h3-6,9,20H,7-8,18-19H2,1-2H3. The van der Waals surface area contributed by atoms with Crippen LogP contribution in [0.25, 0.3) is 21.9 Å². The molecule has 6 heteroatoms. The van der Waals surface area contributed by atoms with Crippen LogP contribution in [0.4, 0.5) is 17.1 Å². The van der Waals surface area contributed by atoms with Gasteiger partial charge in [0.05, 0.1) is 27.8 Å². The first-order valence-corrected chi connectivity index (χ1v) is 7.41. The summed E-state index contributed by atoms with van der Waals surface area (Å²) in [6.07, 6.45) is 0. The fraction of sp³-hybridized carbons (Fsp3) is 0.235. The van der Waals surface area contributed by atoms with Crippen molar-refractivity contribution in [2.24, 2.45) is 0 Å². The van der Waals surface area contributed by atoms with E-state index >= 15 is 0 Å². The molecule has 120 valence electrons. The molecule has 6 nitrogen and oxygen atoms in total. The van der Waals surface area contributed by atoms with Gasteiger partial charge in [0.15, 0.2) is 5.58 Å². The molecule has 0 aliphatic carbocycles. The van der Waals surface area contributed by atoms with Crippen LogP contribution in [0, 0.1) is 0 Å². The minimum absolute atomic E-state index is 0.110. The number of nitrogens with two attached hydrogens (primary N) is 2. The molecule has 0 unspecified atom stereocenters. The van der Waals surface area contributed by atoms with E-state index in [4.69, 9.17) is 15.9 Å². The van der Waals surface area contributed by atoms with Crippen LogP contribution < -0.4 is 22.2 Å². The summed E-state index contributed by atoms with van der Waals surface area (Å²) >= 11 is 0. The Labute approximate surface area is 133 Å². The molecule has 0 atom stereocenters. The maximum atomic E-state index is 12.9. The van der Waals surface area contributed by atoms with Crippen LogP contribution in [-0.2, 0) is 0 Å². The zero-order valence-corrected chi connectivity index (χ0v) is 13.2. The van der Waals surface area contributed by atoms with Crippen LogP contribution >= 0.6 is 0 Å².